The van der Waals surface area contributed by atoms with Gasteiger partial charge in [0, 0.05) is 37.1 Å². The molecule has 0 spiro atoms. The summed E-state index contributed by atoms with van der Waals surface area (Å²) in [5.74, 6) is 0.966. The summed E-state index contributed by atoms with van der Waals surface area (Å²) in [5.41, 5.74) is 1.15. The minimum absolute atomic E-state index is 0.536. The highest BCUT2D eigenvalue weighted by molar-refractivity contribution is 6.30. The molecule has 3 rings (SSSR count). The van der Waals surface area contributed by atoms with Gasteiger partial charge in [-0.2, -0.15) is 0 Å². The maximum Gasteiger partial charge on any atom is 0.142 e. The van der Waals surface area contributed by atoms with E-state index in [1.54, 1.807) is 0 Å². The number of anilines is 1. The number of nitrogens with zero attached hydrogens (tertiary/aromatic N) is 1. The van der Waals surface area contributed by atoms with E-state index in [0.29, 0.717) is 6.04 Å². The number of piperazine rings is 1. The molecule has 2 aliphatic rings. The first-order valence-corrected chi connectivity index (χ1v) is 6.12. The minimum atomic E-state index is 0.536. The molecule has 1 fully saturated rings. The third kappa shape index (κ3) is 1.74. The highest BCUT2D eigenvalue weighted by Crippen LogP contribution is 2.35. The molecule has 1 saturated heterocycles. The fourth-order valence-electron chi connectivity index (χ4n) is 2.48. The Labute approximate surface area is 100 Å². The van der Waals surface area contributed by atoms with Crippen LogP contribution in [-0.4, -0.2) is 32.3 Å². The molecule has 86 valence electrons. The molecule has 0 saturated carbocycles. The van der Waals surface area contributed by atoms with Crippen molar-refractivity contribution in [2.75, 3.05) is 31.1 Å². The van der Waals surface area contributed by atoms with Crippen molar-refractivity contribution in [2.45, 2.75) is 12.5 Å². The van der Waals surface area contributed by atoms with Crippen LogP contribution in [0.1, 0.15) is 6.42 Å². The van der Waals surface area contributed by atoms with Gasteiger partial charge in [0.05, 0.1) is 12.3 Å². The Kier molecular flexibility index (Phi) is 2.65. The molecule has 1 N–H and O–H groups in total. The second-order valence-corrected chi connectivity index (χ2v) is 4.74. The number of rotatable bonds is 0. The van der Waals surface area contributed by atoms with Crippen molar-refractivity contribution in [1.82, 2.24) is 5.32 Å². The maximum atomic E-state index is 6.06. The first kappa shape index (κ1) is 10.2. The van der Waals surface area contributed by atoms with Crippen molar-refractivity contribution in [1.29, 1.82) is 0 Å². The average molecular weight is 239 g/mol. The lowest BCUT2D eigenvalue weighted by molar-refractivity contribution is 0.304. The number of benzene rings is 1. The molecule has 0 amide bonds. The number of hydrogen-bond acceptors (Lipinski definition) is 3. The Balaban J connectivity index is 2.02. The summed E-state index contributed by atoms with van der Waals surface area (Å²) in [4.78, 5) is 2.42. The van der Waals surface area contributed by atoms with Crippen LogP contribution in [0.3, 0.4) is 0 Å². The van der Waals surface area contributed by atoms with Crippen LogP contribution in [0.4, 0.5) is 5.69 Å². The molecule has 1 aromatic rings. The molecule has 16 heavy (non-hydrogen) atoms. The highest BCUT2D eigenvalue weighted by Gasteiger charge is 2.27. The number of ether oxygens (including phenoxy) is 1. The number of hydrogen-bond donors (Lipinski definition) is 1. The summed E-state index contributed by atoms with van der Waals surface area (Å²) in [6.07, 6.45) is 1.07. The summed E-state index contributed by atoms with van der Waals surface area (Å²) in [6.45, 7) is 3.89. The molecule has 1 atom stereocenters. The number of fused-ring (bicyclic) bond motifs is 3. The van der Waals surface area contributed by atoms with E-state index in [-0.39, 0.29) is 0 Å². The third-order valence-electron chi connectivity index (χ3n) is 3.29. The number of nitrogens with one attached hydrogen (secondary N) is 1. The molecule has 1 unspecified atom stereocenters. The van der Waals surface area contributed by atoms with Crippen molar-refractivity contribution < 1.29 is 4.74 Å². The summed E-state index contributed by atoms with van der Waals surface area (Å²) < 4.78 is 5.77. The Morgan fingerprint density at radius 1 is 1.44 bits per heavy atom. The molecule has 0 aliphatic carbocycles. The van der Waals surface area contributed by atoms with Gasteiger partial charge in [-0.25, -0.2) is 0 Å². The lowest BCUT2D eigenvalue weighted by atomic mass is 10.1. The maximum absolute atomic E-state index is 6.06. The lowest BCUT2D eigenvalue weighted by Crippen LogP contribution is -2.51. The van der Waals surface area contributed by atoms with E-state index in [1.807, 2.05) is 18.2 Å². The molecule has 0 radical (unpaired) electrons. The van der Waals surface area contributed by atoms with Gasteiger partial charge in [0.2, 0.25) is 0 Å². The minimum Gasteiger partial charge on any atom is -0.491 e. The van der Waals surface area contributed by atoms with Gasteiger partial charge in [0.15, 0.2) is 0 Å². The molecular formula is C12H15ClN2O. The van der Waals surface area contributed by atoms with E-state index in [2.05, 4.69) is 10.2 Å². The molecule has 2 heterocycles. The van der Waals surface area contributed by atoms with Crippen molar-refractivity contribution >= 4 is 17.3 Å². The number of halogens is 1. The van der Waals surface area contributed by atoms with Crippen molar-refractivity contribution in [3.63, 3.8) is 0 Å². The molecular weight excluding hydrogens is 224 g/mol. The van der Waals surface area contributed by atoms with Crippen LogP contribution in [-0.2, 0) is 0 Å². The van der Waals surface area contributed by atoms with Gasteiger partial charge < -0.3 is 15.0 Å². The van der Waals surface area contributed by atoms with E-state index >= 15 is 0 Å². The zero-order chi connectivity index (χ0) is 11.0. The van der Waals surface area contributed by atoms with Gasteiger partial charge in [-0.3, -0.25) is 0 Å². The standard InChI is InChI=1S/C12H15ClN2O/c13-9-1-2-12-11(7-9)15-5-4-14-8-10(15)3-6-16-12/h1-2,7,10,14H,3-6,8H2. The van der Waals surface area contributed by atoms with E-state index in [0.717, 1.165) is 49.1 Å². The first-order valence-electron chi connectivity index (χ1n) is 5.74. The zero-order valence-corrected chi connectivity index (χ0v) is 9.83. The highest BCUT2D eigenvalue weighted by atomic mass is 35.5. The van der Waals surface area contributed by atoms with Crippen LogP contribution in [0, 0.1) is 0 Å². The zero-order valence-electron chi connectivity index (χ0n) is 9.08. The van der Waals surface area contributed by atoms with Crippen molar-refractivity contribution in [3.8, 4) is 5.75 Å². The van der Waals surface area contributed by atoms with E-state index in [1.165, 1.54) is 0 Å². The van der Waals surface area contributed by atoms with Crippen molar-refractivity contribution in [3.05, 3.63) is 23.2 Å². The van der Waals surface area contributed by atoms with E-state index in [9.17, 15) is 0 Å². The summed E-state index contributed by atoms with van der Waals surface area (Å²) in [6, 6.07) is 6.42. The second kappa shape index (κ2) is 4.15. The van der Waals surface area contributed by atoms with Crippen LogP contribution >= 0.6 is 11.6 Å². The van der Waals surface area contributed by atoms with Crippen molar-refractivity contribution in [2.24, 2.45) is 0 Å². The summed E-state index contributed by atoms with van der Waals surface area (Å²) >= 11 is 6.06. The SMILES string of the molecule is Clc1ccc2c(c1)N1CCNCC1CCO2. The Hall–Kier alpha value is -0.930. The van der Waals surface area contributed by atoms with Crippen LogP contribution in [0.25, 0.3) is 0 Å². The quantitative estimate of drug-likeness (QED) is 0.747. The van der Waals surface area contributed by atoms with Crippen LogP contribution in [0.5, 0.6) is 5.75 Å². The Bertz CT molecular complexity index is 397. The van der Waals surface area contributed by atoms with Gasteiger partial charge in [-0.15, -0.1) is 0 Å². The predicted octanol–water partition coefficient (Wildman–Crippen LogP) is 1.90. The molecule has 3 nitrogen and oxygen atoms in total. The van der Waals surface area contributed by atoms with Gasteiger partial charge in [-0.1, -0.05) is 11.6 Å². The molecule has 1 aromatic carbocycles. The molecule has 0 aromatic heterocycles. The summed E-state index contributed by atoms with van der Waals surface area (Å²) in [7, 11) is 0. The Morgan fingerprint density at radius 2 is 2.38 bits per heavy atom. The molecule has 0 bridgehead atoms. The summed E-state index contributed by atoms with van der Waals surface area (Å²) in [5, 5.41) is 4.21. The van der Waals surface area contributed by atoms with Gasteiger partial charge in [0.25, 0.3) is 0 Å². The van der Waals surface area contributed by atoms with Crippen LogP contribution in [0.15, 0.2) is 18.2 Å². The first-order chi connectivity index (χ1) is 7.84. The predicted molar refractivity (Wildman–Crippen MR) is 65.6 cm³/mol. The van der Waals surface area contributed by atoms with Gasteiger partial charge in [-0.05, 0) is 18.2 Å². The van der Waals surface area contributed by atoms with E-state index in [4.69, 9.17) is 16.3 Å². The molecule has 4 heteroatoms. The largest absolute Gasteiger partial charge is 0.491 e. The van der Waals surface area contributed by atoms with Crippen LogP contribution < -0.4 is 15.0 Å². The molecule has 2 aliphatic heterocycles. The fourth-order valence-corrected chi connectivity index (χ4v) is 2.64. The van der Waals surface area contributed by atoms with Gasteiger partial charge >= 0.3 is 0 Å². The fraction of sp³-hybridized carbons (Fsp3) is 0.500. The van der Waals surface area contributed by atoms with Crippen LogP contribution in [0.2, 0.25) is 5.02 Å². The smallest absolute Gasteiger partial charge is 0.142 e. The Morgan fingerprint density at radius 3 is 3.31 bits per heavy atom. The topological polar surface area (TPSA) is 24.5 Å². The second-order valence-electron chi connectivity index (χ2n) is 4.30. The monoisotopic (exact) mass is 238 g/mol. The lowest BCUT2D eigenvalue weighted by Gasteiger charge is -2.36. The average Bonchev–Trinajstić information content (AvgIpc) is 2.48. The third-order valence-corrected chi connectivity index (χ3v) is 3.52. The van der Waals surface area contributed by atoms with Gasteiger partial charge in [0.1, 0.15) is 5.75 Å². The normalized spacial score (nSPS) is 24.1. The van der Waals surface area contributed by atoms with E-state index < -0.39 is 0 Å².